The third-order valence-electron chi connectivity index (χ3n) is 5.77. The van der Waals surface area contributed by atoms with E-state index in [2.05, 4.69) is 10.1 Å². The van der Waals surface area contributed by atoms with Crippen LogP contribution in [-0.2, 0) is 10.3 Å². The van der Waals surface area contributed by atoms with E-state index < -0.39 is 5.54 Å². The molecule has 1 aliphatic carbocycles. The Labute approximate surface area is 152 Å². The highest BCUT2D eigenvalue weighted by Crippen LogP contribution is 2.43. The van der Waals surface area contributed by atoms with Crippen molar-refractivity contribution in [2.24, 2.45) is 5.73 Å². The van der Waals surface area contributed by atoms with E-state index in [0.29, 0.717) is 24.6 Å². The molecule has 2 aromatic rings. The summed E-state index contributed by atoms with van der Waals surface area (Å²) < 4.78 is 10.8. The molecule has 2 aliphatic rings. The van der Waals surface area contributed by atoms with Gasteiger partial charge in [-0.1, -0.05) is 17.3 Å². The minimum atomic E-state index is -0.451. The first-order valence-electron chi connectivity index (χ1n) is 9.04. The van der Waals surface area contributed by atoms with Crippen LogP contribution < -0.4 is 10.5 Å². The van der Waals surface area contributed by atoms with Gasteiger partial charge in [0.05, 0.1) is 24.6 Å². The summed E-state index contributed by atoms with van der Waals surface area (Å²) in [5.41, 5.74) is 6.91. The number of carbonyl (C=O) groups is 1. The number of rotatable bonds is 4. The fourth-order valence-electron chi connectivity index (χ4n) is 3.92. The predicted molar refractivity (Wildman–Crippen MR) is 94.5 cm³/mol. The molecule has 2 fully saturated rings. The largest absolute Gasteiger partial charge is 0.497 e. The predicted octanol–water partition coefficient (Wildman–Crippen LogP) is 2.49. The van der Waals surface area contributed by atoms with Crippen LogP contribution in [0.25, 0.3) is 0 Å². The van der Waals surface area contributed by atoms with Crippen molar-refractivity contribution in [3.63, 3.8) is 0 Å². The molecule has 1 aromatic carbocycles. The highest BCUT2D eigenvalue weighted by Gasteiger charge is 2.42. The number of carbonyl (C=O) groups excluding carboxylic acids is 1. The van der Waals surface area contributed by atoms with Crippen molar-refractivity contribution >= 4 is 5.91 Å². The van der Waals surface area contributed by atoms with Crippen LogP contribution in [0, 0.1) is 0 Å². The molecule has 2 N–H and O–H groups in total. The monoisotopic (exact) mass is 356 g/mol. The van der Waals surface area contributed by atoms with Crippen LogP contribution in [-0.4, -0.2) is 35.1 Å². The Hall–Kier alpha value is -2.41. The normalized spacial score (nSPS) is 25.0. The van der Waals surface area contributed by atoms with Crippen LogP contribution in [0.3, 0.4) is 0 Å². The number of nitrogens with zero attached hydrogens (tertiary/aromatic N) is 3. The fraction of sp³-hybridized carbons (Fsp3) is 0.526. The maximum atomic E-state index is 12.3. The van der Waals surface area contributed by atoms with Crippen molar-refractivity contribution in [1.29, 1.82) is 0 Å². The molecule has 1 amide bonds. The zero-order valence-electron chi connectivity index (χ0n) is 15.1. The minimum Gasteiger partial charge on any atom is -0.497 e. The van der Waals surface area contributed by atoms with Crippen LogP contribution in [0.4, 0.5) is 0 Å². The number of hydrogen-bond acceptors (Lipinski definition) is 6. The summed E-state index contributed by atoms with van der Waals surface area (Å²) >= 11 is 0. The molecule has 138 valence electrons. The van der Waals surface area contributed by atoms with Gasteiger partial charge in [-0.2, -0.15) is 4.98 Å². The highest BCUT2D eigenvalue weighted by atomic mass is 16.5. The standard InChI is InChI=1S/C19H24N4O3/c1-23-15(24)9-8-14(16(23)12-4-6-13(25-2)7-5-12)17-21-18(22-26-17)19(20)10-3-11-19/h4-7,14,16H,3,8-11,20H2,1-2H3. The van der Waals surface area contributed by atoms with Crippen molar-refractivity contribution in [1.82, 2.24) is 15.0 Å². The van der Waals surface area contributed by atoms with Crippen LogP contribution in [0.5, 0.6) is 5.75 Å². The molecule has 4 rings (SSSR count). The summed E-state index contributed by atoms with van der Waals surface area (Å²) in [6.07, 6.45) is 4.02. The van der Waals surface area contributed by atoms with E-state index in [1.54, 1.807) is 12.0 Å². The number of piperidine rings is 1. The second-order valence-corrected chi connectivity index (χ2v) is 7.33. The second kappa shape index (κ2) is 6.39. The van der Waals surface area contributed by atoms with E-state index in [1.165, 1.54) is 0 Å². The number of ether oxygens (including phenoxy) is 1. The molecule has 1 saturated heterocycles. The quantitative estimate of drug-likeness (QED) is 0.904. The Morgan fingerprint density at radius 3 is 2.65 bits per heavy atom. The Morgan fingerprint density at radius 2 is 2.04 bits per heavy atom. The van der Waals surface area contributed by atoms with Gasteiger partial charge in [-0.3, -0.25) is 4.79 Å². The lowest BCUT2D eigenvalue weighted by Crippen LogP contribution is -2.44. The first-order valence-corrected chi connectivity index (χ1v) is 9.04. The summed E-state index contributed by atoms with van der Waals surface area (Å²) in [7, 11) is 3.47. The van der Waals surface area contributed by atoms with Crippen molar-refractivity contribution in [3.05, 3.63) is 41.5 Å². The second-order valence-electron chi connectivity index (χ2n) is 7.33. The fourth-order valence-corrected chi connectivity index (χ4v) is 3.92. The third-order valence-corrected chi connectivity index (χ3v) is 5.77. The lowest BCUT2D eigenvalue weighted by molar-refractivity contribution is -0.135. The lowest BCUT2D eigenvalue weighted by atomic mass is 9.77. The summed E-state index contributed by atoms with van der Waals surface area (Å²) in [5.74, 6) is 2.01. The summed E-state index contributed by atoms with van der Waals surface area (Å²) in [6.45, 7) is 0. The molecule has 26 heavy (non-hydrogen) atoms. The molecule has 2 heterocycles. The van der Waals surface area contributed by atoms with E-state index in [9.17, 15) is 4.79 Å². The molecule has 2 atom stereocenters. The minimum absolute atomic E-state index is 0.0454. The van der Waals surface area contributed by atoms with Crippen molar-refractivity contribution in [2.75, 3.05) is 14.2 Å². The first-order chi connectivity index (χ1) is 12.5. The van der Waals surface area contributed by atoms with Crippen LogP contribution >= 0.6 is 0 Å². The zero-order valence-corrected chi connectivity index (χ0v) is 15.1. The lowest BCUT2D eigenvalue weighted by Gasteiger charge is -2.38. The van der Waals surface area contributed by atoms with Crippen molar-refractivity contribution in [3.8, 4) is 5.75 Å². The van der Waals surface area contributed by atoms with Crippen molar-refractivity contribution < 1.29 is 14.1 Å². The molecule has 2 unspecified atom stereocenters. The Morgan fingerprint density at radius 1 is 1.31 bits per heavy atom. The molecular formula is C19H24N4O3. The smallest absolute Gasteiger partial charge is 0.232 e. The number of amides is 1. The van der Waals surface area contributed by atoms with Gasteiger partial charge in [-0.25, -0.2) is 0 Å². The molecule has 1 aromatic heterocycles. The molecular weight excluding hydrogens is 332 g/mol. The zero-order chi connectivity index (χ0) is 18.3. The molecule has 1 saturated carbocycles. The van der Waals surface area contributed by atoms with Crippen LogP contribution in [0.15, 0.2) is 28.8 Å². The topological polar surface area (TPSA) is 94.5 Å². The number of aromatic nitrogens is 2. The van der Waals surface area contributed by atoms with Gasteiger partial charge >= 0.3 is 0 Å². The van der Waals surface area contributed by atoms with Gasteiger partial charge in [0.25, 0.3) is 0 Å². The number of nitrogens with two attached hydrogens (primary N) is 1. The van der Waals surface area contributed by atoms with Gasteiger partial charge < -0.3 is 19.9 Å². The van der Waals surface area contributed by atoms with E-state index in [-0.39, 0.29) is 17.9 Å². The first kappa shape index (κ1) is 17.0. The average molecular weight is 356 g/mol. The number of methoxy groups -OCH3 is 1. The molecule has 0 spiro atoms. The molecule has 0 bridgehead atoms. The Bertz CT molecular complexity index is 797. The van der Waals surface area contributed by atoms with Gasteiger partial charge in [0.1, 0.15) is 5.75 Å². The maximum absolute atomic E-state index is 12.3. The Balaban J connectivity index is 1.67. The summed E-state index contributed by atoms with van der Waals surface area (Å²) in [4.78, 5) is 18.7. The van der Waals surface area contributed by atoms with Crippen LogP contribution in [0.2, 0.25) is 0 Å². The SMILES string of the molecule is COc1ccc(C2C(c3nc(C4(N)CCC4)no3)CCC(=O)N2C)cc1. The Kier molecular flexibility index (Phi) is 4.19. The molecule has 0 radical (unpaired) electrons. The van der Waals surface area contributed by atoms with Gasteiger partial charge in [0.15, 0.2) is 5.82 Å². The molecule has 1 aliphatic heterocycles. The molecule has 7 heteroatoms. The maximum Gasteiger partial charge on any atom is 0.232 e. The van der Waals surface area contributed by atoms with E-state index in [0.717, 1.165) is 30.6 Å². The molecule has 7 nitrogen and oxygen atoms in total. The number of likely N-dealkylation sites (N-methyl/N-ethyl adjacent to an activating group) is 1. The number of hydrogen-bond donors (Lipinski definition) is 1. The summed E-state index contributed by atoms with van der Waals surface area (Å²) in [6, 6.07) is 7.63. The van der Waals surface area contributed by atoms with Gasteiger partial charge in [-0.05, 0) is 43.4 Å². The van der Waals surface area contributed by atoms with E-state index >= 15 is 0 Å². The van der Waals surface area contributed by atoms with Gasteiger partial charge in [-0.15, -0.1) is 0 Å². The van der Waals surface area contributed by atoms with E-state index in [4.69, 9.17) is 15.0 Å². The van der Waals surface area contributed by atoms with Crippen molar-refractivity contribution in [2.45, 2.75) is 49.6 Å². The number of likely N-dealkylation sites (tertiary alicyclic amines) is 1. The van der Waals surface area contributed by atoms with Crippen LogP contribution in [0.1, 0.15) is 61.3 Å². The van der Waals surface area contributed by atoms with Gasteiger partial charge in [0, 0.05) is 13.5 Å². The van der Waals surface area contributed by atoms with Gasteiger partial charge in [0.2, 0.25) is 11.8 Å². The van der Waals surface area contributed by atoms with E-state index in [1.807, 2.05) is 31.3 Å². The third kappa shape index (κ3) is 2.76. The average Bonchev–Trinajstić information content (AvgIpc) is 3.12. The highest BCUT2D eigenvalue weighted by molar-refractivity contribution is 5.77. The number of benzene rings is 1. The summed E-state index contributed by atoms with van der Waals surface area (Å²) in [5, 5.41) is 4.15.